The van der Waals surface area contributed by atoms with Crippen LogP contribution in [0.4, 0.5) is 9.59 Å². The minimum atomic E-state index is -0.817. The molecule has 0 radical (unpaired) electrons. The van der Waals surface area contributed by atoms with E-state index in [1.54, 1.807) is 45.0 Å². The Morgan fingerprint density at radius 1 is 0.750 bits per heavy atom. The summed E-state index contributed by atoms with van der Waals surface area (Å²) in [6.07, 6.45) is 2.44. The van der Waals surface area contributed by atoms with E-state index in [9.17, 15) is 28.8 Å². The Labute approximate surface area is 342 Å². The number of hydrogen-bond donors (Lipinski definition) is 2. The van der Waals surface area contributed by atoms with Crippen molar-refractivity contribution in [2.75, 3.05) is 64.0 Å². The number of carbonyl (C=O) groups is 6. The summed E-state index contributed by atoms with van der Waals surface area (Å²) >= 11 is 7.85. The van der Waals surface area contributed by atoms with E-state index in [0.29, 0.717) is 35.4 Å². The quantitative estimate of drug-likeness (QED) is 0.129. The van der Waals surface area contributed by atoms with Crippen molar-refractivity contribution in [3.05, 3.63) is 58.7 Å². The molecule has 17 heteroatoms. The molecular formula is C39H51N5O9S3. The number of hydrogen-bond acceptors (Lipinski definition) is 12. The van der Waals surface area contributed by atoms with Crippen molar-refractivity contribution in [1.82, 2.24) is 25.3 Å². The normalized spacial score (nSPS) is 14.1. The third kappa shape index (κ3) is 12.1. The molecule has 0 atom stereocenters. The van der Waals surface area contributed by atoms with Gasteiger partial charge in [0, 0.05) is 50.8 Å². The Morgan fingerprint density at radius 3 is 1.64 bits per heavy atom. The second-order valence-electron chi connectivity index (χ2n) is 13.9. The number of rotatable bonds is 18. The first kappa shape index (κ1) is 44.4. The second-order valence-corrected chi connectivity index (χ2v) is 16.7. The van der Waals surface area contributed by atoms with E-state index in [1.807, 2.05) is 13.8 Å². The predicted molar refractivity (Wildman–Crippen MR) is 221 cm³/mol. The third-order valence-electron chi connectivity index (χ3n) is 8.47. The molecular weight excluding hydrogens is 779 g/mol. The molecule has 6 amide bonds. The minimum absolute atomic E-state index is 0.00390. The predicted octanol–water partition coefficient (Wildman–Crippen LogP) is 6.22. The summed E-state index contributed by atoms with van der Waals surface area (Å²) in [7, 11) is 0. The van der Waals surface area contributed by atoms with Crippen molar-refractivity contribution in [3.8, 4) is 11.5 Å². The van der Waals surface area contributed by atoms with E-state index in [0.717, 1.165) is 35.9 Å². The summed E-state index contributed by atoms with van der Waals surface area (Å²) in [5.74, 6) is -0.463. The first-order valence-electron chi connectivity index (χ1n) is 18.8. The number of unbranched alkanes of at least 4 members (excludes halogenated alkanes) is 2. The molecule has 0 aliphatic carbocycles. The second kappa shape index (κ2) is 21.3. The van der Waals surface area contributed by atoms with Crippen molar-refractivity contribution in [2.24, 2.45) is 0 Å². The Bertz CT molecular complexity index is 1670. The lowest BCUT2D eigenvalue weighted by Gasteiger charge is -2.27. The summed E-state index contributed by atoms with van der Waals surface area (Å²) in [6, 6.07) is 9.45. The maximum Gasteiger partial charge on any atom is 0.410 e. The van der Waals surface area contributed by atoms with Crippen molar-refractivity contribution >= 4 is 75.0 Å². The molecule has 2 heterocycles. The molecule has 56 heavy (non-hydrogen) atoms. The molecule has 0 unspecified atom stereocenters. The molecule has 14 nitrogen and oxygen atoms in total. The number of carbonyl (C=O) groups excluding carboxylic acids is 6. The van der Waals surface area contributed by atoms with E-state index in [4.69, 9.17) is 26.4 Å². The molecule has 0 bridgehead atoms. The van der Waals surface area contributed by atoms with E-state index in [-0.39, 0.29) is 84.2 Å². The number of amides is 6. The lowest BCUT2D eigenvalue weighted by Crippen LogP contribution is -2.45. The summed E-state index contributed by atoms with van der Waals surface area (Å²) in [4.78, 5) is 83.7. The Hall–Kier alpha value is -4.35. The maximum atomic E-state index is 13.6. The number of nitrogens with zero attached hydrogens (tertiary/aromatic N) is 3. The molecule has 0 spiro atoms. The van der Waals surface area contributed by atoms with Crippen LogP contribution in [-0.2, 0) is 4.74 Å². The average molecular weight is 830 g/mol. The molecule has 2 N–H and O–H groups in total. The standard InChI is InChI=1S/C39H51N5O9S3/c1-6-8-22-51-30-26(12-10-14-28(30)34(47)43-20-24-55-37(43)50)32(45)40-16-18-42(36(49)53-39(3,4)5)19-17-41-33(46)27-13-11-15-29(31(27)52-23-9-7-2)35(48)44-21-25-56-38(44)54/h10-15H,6-9,16-25H2,1-5H3,(H,40,45)(H,41,46). The number of thioether (sulfide) groups is 2. The maximum absolute atomic E-state index is 13.6. The zero-order valence-corrected chi connectivity index (χ0v) is 35.1. The summed E-state index contributed by atoms with van der Waals surface area (Å²) in [6.45, 7) is 10.6. The molecule has 0 saturated carbocycles. The van der Waals surface area contributed by atoms with Gasteiger partial charge in [-0.05, 0) is 57.9 Å². The van der Waals surface area contributed by atoms with E-state index in [2.05, 4.69) is 10.6 Å². The Kier molecular flexibility index (Phi) is 16.8. The number of thiocarbonyl (C=S) groups is 1. The van der Waals surface area contributed by atoms with Gasteiger partial charge in [-0.25, -0.2) is 4.79 Å². The van der Waals surface area contributed by atoms with Crippen molar-refractivity contribution in [2.45, 2.75) is 65.9 Å². The van der Waals surface area contributed by atoms with Gasteiger partial charge in [0.25, 0.3) is 28.9 Å². The van der Waals surface area contributed by atoms with Crippen LogP contribution in [0.2, 0.25) is 0 Å². The average Bonchev–Trinajstić information content (AvgIpc) is 3.80. The van der Waals surface area contributed by atoms with Crippen LogP contribution in [-0.4, -0.2) is 124 Å². The largest absolute Gasteiger partial charge is 0.492 e. The van der Waals surface area contributed by atoms with Crippen LogP contribution < -0.4 is 20.1 Å². The molecule has 0 aromatic heterocycles. The van der Waals surface area contributed by atoms with Gasteiger partial charge in [0.15, 0.2) is 0 Å². The van der Waals surface area contributed by atoms with Crippen LogP contribution >= 0.6 is 35.7 Å². The first-order valence-corrected chi connectivity index (χ1v) is 21.2. The van der Waals surface area contributed by atoms with Gasteiger partial charge in [0.1, 0.15) is 21.4 Å². The fourth-order valence-corrected chi connectivity index (χ4v) is 7.56. The van der Waals surface area contributed by atoms with E-state index >= 15 is 0 Å². The molecule has 2 saturated heterocycles. The SMILES string of the molecule is CCCCOc1c(C(=O)NCCN(CCNC(=O)c2cccc(C(=O)N3CCSC3=S)c2OCCCC)C(=O)OC(C)(C)C)cccc1C(=O)N1CCSC1=O. The highest BCUT2D eigenvalue weighted by Gasteiger charge is 2.32. The highest BCUT2D eigenvalue weighted by Crippen LogP contribution is 2.30. The topological polar surface area (TPSA) is 164 Å². The molecule has 304 valence electrons. The first-order chi connectivity index (χ1) is 26.8. The zero-order chi connectivity index (χ0) is 40.8. The van der Waals surface area contributed by atoms with Gasteiger partial charge in [-0.2, -0.15) is 0 Å². The highest BCUT2D eigenvalue weighted by molar-refractivity contribution is 8.23. The van der Waals surface area contributed by atoms with Gasteiger partial charge >= 0.3 is 6.09 Å². The number of nitrogens with one attached hydrogen (secondary N) is 2. The number of ether oxygens (including phenoxy) is 3. The lowest BCUT2D eigenvalue weighted by atomic mass is 10.1. The van der Waals surface area contributed by atoms with E-state index < -0.39 is 29.4 Å². The van der Waals surface area contributed by atoms with Crippen LogP contribution in [0.25, 0.3) is 0 Å². The third-order valence-corrected chi connectivity index (χ3v) is 10.7. The fraction of sp³-hybridized carbons (Fsp3) is 0.513. The molecule has 2 aromatic rings. The van der Waals surface area contributed by atoms with Crippen LogP contribution in [0.15, 0.2) is 36.4 Å². The van der Waals surface area contributed by atoms with Gasteiger partial charge in [0.2, 0.25) is 0 Å². The van der Waals surface area contributed by atoms with Crippen molar-refractivity contribution < 1.29 is 43.0 Å². The van der Waals surface area contributed by atoms with Gasteiger partial charge in [-0.1, -0.05) is 74.6 Å². The van der Waals surface area contributed by atoms with Crippen molar-refractivity contribution in [3.63, 3.8) is 0 Å². The summed E-state index contributed by atoms with van der Waals surface area (Å²) < 4.78 is 18.1. The molecule has 4 rings (SSSR count). The van der Waals surface area contributed by atoms with E-state index in [1.165, 1.54) is 33.7 Å². The monoisotopic (exact) mass is 829 g/mol. The van der Waals surface area contributed by atoms with Gasteiger partial charge < -0.3 is 29.7 Å². The number of benzene rings is 2. The molecule has 2 aliphatic rings. The van der Waals surface area contributed by atoms with Crippen LogP contribution in [0.3, 0.4) is 0 Å². The van der Waals surface area contributed by atoms with Crippen LogP contribution in [0.1, 0.15) is 102 Å². The van der Waals surface area contributed by atoms with Crippen molar-refractivity contribution in [1.29, 1.82) is 0 Å². The zero-order valence-electron chi connectivity index (χ0n) is 32.6. The van der Waals surface area contributed by atoms with Gasteiger partial charge in [-0.3, -0.25) is 33.8 Å². The summed E-state index contributed by atoms with van der Waals surface area (Å²) in [5.41, 5.74) is -0.176. The van der Waals surface area contributed by atoms with Crippen LogP contribution in [0, 0.1) is 0 Å². The Balaban J connectivity index is 1.47. The molecule has 2 aromatic carbocycles. The number of para-hydroxylation sites is 2. The fourth-order valence-electron chi connectivity index (χ4n) is 5.58. The molecule has 2 aliphatic heterocycles. The minimum Gasteiger partial charge on any atom is -0.492 e. The van der Waals surface area contributed by atoms with Gasteiger partial charge in [0.05, 0.1) is 35.5 Å². The Morgan fingerprint density at radius 2 is 1.21 bits per heavy atom. The molecule has 2 fully saturated rings. The van der Waals surface area contributed by atoms with Gasteiger partial charge in [-0.15, -0.1) is 0 Å². The summed E-state index contributed by atoms with van der Waals surface area (Å²) in [5, 5.41) is 5.29. The number of imide groups is 1. The highest BCUT2D eigenvalue weighted by atomic mass is 32.2. The smallest absolute Gasteiger partial charge is 0.410 e. The lowest BCUT2D eigenvalue weighted by molar-refractivity contribution is 0.0250. The van der Waals surface area contributed by atoms with Crippen LogP contribution in [0.5, 0.6) is 11.5 Å².